The van der Waals surface area contributed by atoms with Gasteiger partial charge in [0.2, 0.25) is 15.9 Å². The molecular weight excluding hydrogens is 464 g/mol. The highest BCUT2D eigenvalue weighted by atomic mass is 32.2. The Bertz CT molecular complexity index is 1310. The quantitative estimate of drug-likeness (QED) is 0.426. The number of nitrogens with zero attached hydrogens (tertiary/aromatic N) is 1. The molecule has 180 valence electrons. The largest absolute Gasteiger partial charge is 0.340 e. The summed E-state index contributed by atoms with van der Waals surface area (Å²) in [5.74, 6) is -0.151. The van der Waals surface area contributed by atoms with Gasteiger partial charge in [0.1, 0.15) is 6.04 Å². The number of rotatable bonds is 9. The maximum Gasteiger partial charge on any atom is 0.253 e. The highest BCUT2D eigenvalue weighted by Gasteiger charge is 2.58. The number of sulfonamides is 1. The Balaban J connectivity index is 1.28. The van der Waals surface area contributed by atoms with Crippen LogP contribution < -0.4 is 15.4 Å². The van der Waals surface area contributed by atoms with Crippen molar-refractivity contribution in [3.8, 4) is 0 Å². The molecule has 9 heteroatoms. The van der Waals surface area contributed by atoms with E-state index in [2.05, 4.69) is 20.3 Å². The molecule has 3 aliphatic carbocycles. The molecule has 1 aromatic heterocycles. The maximum absolute atomic E-state index is 13.1. The molecule has 6 rings (SSSR count). The van der Waals surface area contributed by atoms with Gasteiger partial charge in [-0.3, -0.25) is 14.6 Å². The van der Waals surface area contributed by atoms with Gasteiger partial charge in [0.15, 0.2) is 0 Å². The molecule has 3 N–H and O–H groups in total. The summed E-state index contributed by atoms with van der Waals surface area (Å²) in [7, 11) is -3.62. The average Bonchev–Trinajstić information content (AvgIpc) is 2.82. The molecule has 35 heavy (non-hydrogen) atoms. The average molecular weight is 491 g/mol. The molecule has 0 radical (unpaired) electrons. The van der Waals surface area contributed by atoms with E-state index in [1.165, 1.54) is 18.3 Å². The molecule has 2 aromatic carbocycles. The van der Waals surface area contributed by atoms with Gasteiger partial charge in [-0.1, -0.05) is 30.3 Å². The first kappa shape index (κ1) is 23.2. The smallest absolute Gasteiger partial charge is 0.253 e. The van der Waals surface area contributed by atoms with Crippen molar-refractivity contribution in [2.24, 2.45) is 5.92 Å². The number of benzene rings is 2. The molecule has 2 amide bonds. The third-order valence-corrected chi connectivity index (χ3v) is 8.24. The molecule has 1 heterocycles. The zero-order valence-electron chi connectivity index (χ0n) is 19.0. The van der Waals surface area contributed by atoms with Gasteiger partial charge >= 0.3 is 0 Å². The summed E-state index contributed by atoms with van der Waals surface area (Å²) in [6.07, 6.45) is 6.03. The first-order chi connectivity index (χ1) is 16.8. The van der Waals surface area contributed by atoms with E-state index in [1.807, 2.05) is 30.3 Å². The highest BCUT2D eigenvalue weighted by molar-refractivity contribution is 7.89. The van der Waals surface area contributed by atoms with Crippen molar-refractivity contribution >= 4 is 27.5 Å². The summed E-state index contributed by atoms with van der Waals surface area (Å²) in [4.78, 5) is 29.9. The Hall–Kier alpha value is -3.56. The standard InChI is InChI=1S/C26H26N4O4S/c31-24(20-7-4-12-27-17-20)29-23(13-18-5-2-1-3-6-18)25(32)28-21-8-10-22(11-9-21)35(33,34)30-26-14-19(15-26)16-26/h1-12,17,19,23,30H,13-16H2,(H,28,32)(H,29,31)/t19?,23-,26?/m0/s1. The summed E-state index contributed by atoms with van der Waals surface area (Å²) >= 11 is 0. The lowest BCUT2D eigenvalue weighted by atomic mass is 9.50. The van der Waals surface area contributed by atoms with Crippen molar-refractivity contribution in [2.75, 3.05) is 5.32 Å². The Morgan fingerprint density at radius 1 is 0.971 bits per heavy atom. The van der Waals surface area contributed by atoms with E-state index in [-0.39, 0.29) is 16.9 Å². The zero-order valence-corrected chi connectivity index (χ0v) is 19.8. The third kappa shape index (κ3) is 5.11. The van der Waals surface area contributed by atoms with Gasteiger partial charge in [0.05, 0.1) is 10.5 Å². The Kier molecular flexibility index (Phi) is 6.12. The number of pyridine rings is 1. The molecule has 3 aliphatic rings. The van der Waals surface area contributed by atoms with Crippen molar-refractivity contribution in [1.82, 2.24) is 15.0 Å². The summed E-state index contributed by atoms with van der Waals surface area (Å²) in [5.41, 5.74) is 1.42. The Labute approximate surface area is 204 Å². The minimum atomic E-state index is -3.62. The van der Waals surface area contributed by atoms with Crippen LogP contribution in [0, 0.1) is 5.92 Å². The number of hydrogen-bond donors (Lipinski definition) is 3. The Morgan fingerprint density at radius 3 is 2.29 bits per heavy atom. The van der Waals surface area contributed by atoms with Crippen molar-refractivity contribution in [3.05, 3.63) is 90.3 Å². The van der Waals surface area contributed by atoms with Crippen LogP contribution in [0.5, 0.6) is 0 Å². The van der Waals surface area contributed by atoms with Crippen molar-refractivity contribution in [3.63, 3.8) is 0 Å². The van der Waals surface area contributed by atoms with Gasteiger partial charge in [-0.2, -0.15) is 0 Å². The molecule has 0 aliphatic heterocycles. The summed E-state index contributed by atoms with van der Waals surface area (Å²) in [5, 5.41) is 5.58. The Morgan fingerprint density at radius 2 is 1.69 bits per heavy atom. The number of anilines is 1. The van der Waals surface area contributed by atoms with Crippen LogP contribution in [0.25, 0.3) is 0 Å². The predicted molar refractivity (Wildman–Crippen MR) is 131 cm³/mol. The zero-order chi connectivity index (χ0) is 24.5. The number of nitrogens with one attached hydrogen (secondary N) is 3. The van der Waals surface area contributed by atoms with Crippen molar-refractivity contribution in [1.29, 1.82) is 0 Å². The number of carbonyl (C=O) groups is 2. The number of hydrogen-bond acceptors (Lipinski definition) is 5. The summed E-state index contributed by atoms with van der Waals surface area (Å²) in [6.45, 7) is 0. The van der Waals surface area contributed by atoms with Crippen molar-refractivity contribution < 1.29 is 18.0 Å². The monoisotopic (exact) mass is 490 g/mol. The van der Waals surface area contributed by atoms with Gasteiger partial charge in [0.25, 0.3) is 5.91 Å². The van der Waals surface area contributed by atoms with E-state index in [9.17, 15) is 18.0 Å². The molecule has 8 nitrogen and oxygen atoms in total. The molecule has 3 aromatic rings. The van der Waals surface area contributed by atoms with Gasteiger partial charge in [-0.05, 0) is 67.1 Å². The lowest BCUT2D eigenvalue weighted by Crippen LogP contribution is -2.67. The molecule has 0 spiro atoms. The molecule has 1 atom stereocenters. The van der Waals surface area contributed by atoms with Gasteiger partial charge < -0.3 is 10.6 Å². The van der Waals surface area contributed by atoms with Crippen LogP contribution in [-0.2, 0) is 21.2 Å². The van der Waals surface area contributed by atoms with E-state index in [0.717, 1.165) is 24.8 Å². The SMILES string of the molecule is O=C(N[C@@H](Cc1ccccc1)C(=O)Nc1ccc(S(=O)(=O)NC23CC(C2)C3)cc1)c1cccnc1. The number of amides is 2. The third-order valence-electron chi connectivity index (χ3n) is 6.65. The fourth-order valence-corrected chi connectivity index (χ4v) is 6.12. The molecule has 3 saturated carbocycles. The first-order valence-electron chi connectivity index (χ1n) is 11.5. The summed E-state index contributed by atoms with van der Waals surface area (Å²) in [6, 6.07) is 17.9. The van der Waals surface area contributed by atoms with E-state index in [0.29, 0.717) is 17.2 Å². The number of carbonyl (C=O) groups excluding carboxylic acids is 2. The van der Waals surface area contributed by atoms with E-state index in [1.54, 1.807) is 30.5 Å². The normalized spacial score (nSPS) is 21.2. The minimum absolute atomic E-state index is 0.158. The van der Waals surface area contributed by atoms with Crippen LogP contribution in [0.3, 0.4) is 0 Å². The van der Waals surface area contributed by atoms with Crippen molar-refractivity contribution in [2.45, 2.75) is 42.2 Å². The van der Waals surface area contributed by atoms with Crippen LogP contribution in [0.4, 0.5) is 5.69 Å². The topological polar surface area (TPSA) is 117 Å². The first-order valence-corrected chi connectivity index (χ1v) is 13.0. The minimum Gasteiger partial charge on any atom is -0.340 e. The number of aromatic nitrogens is 1. The molecule has 0 saturated heterocycles. The van der Waals surface area contributed by atoms with Gasteiger partial charge in [-0.15, -0.1) is 0 Å². The van der Waals surface area contributed by atoms with Crippen LogP contribution >= 0.6 is 0 Å². The van der Waals surface area contributed by atoms with Crippen LogP contribution in [0.1, 0.15) is 35.2 Å². The van der Waals surface area contributed by atoms with E-state index in [4.69, 9.17) is 0 Å². The van der Waals surface area contributed by atoms with Gasteiger partial charge in [-0.25, -0.2) is 13.1 Å². The molecule has 3 fully saturated rings. The lowest BCUT2D eigenvalue weighted by Gasteiger charge is -2.61. The molecule has 0 unspecified atom stereocenters. The second-order valence-corrected chi connectivity index (χ2v) is 11.0. The second kappa shape index (κ2) is 9.24. The second-order valence-electron chi connectivity index (χ2n) is 9.34. The fraction of sp³-hybridized carbons (Fsp3) is 0.269. The van der Waals surface area contributed by atoms with Crippen LogP contribution in [0.15, 0.2) is 84.0 Å². The summed E-state index contributed by atoms with van der Waals surface area (Å²) < 4.78 is 28.3. The molecule has 2 bridgehead atoms. The van der Waals surface area contributed by atoms with Gasteiger partial charge in [0, 0.05) is 30.0 Å². The predicted octanol–water partition coefficient (Wildman–Crippen LogP) is 2.89. The molecular formula is C26H26N4O4S. The lowest BCUT2D eigenvalue weighted by molar-refractivity contribution is -0.118. The maximum atomic E-state index is 13.1. The van der Waals surface area contributed by atoms with Crippen LogP contribution in [-0.4, -0.2) is 36.8 Å². The highest BCUT2D eigenvalue weighted by Crippen LogP contribution is 2.57. The fourth-order valence-electron chi connectivity index (χ4n) is 4.69. The van der Waals surface area contributed by atoms with Crippen LogP contribution in [0.2, 0.25) is 0 Å². The van der Waals surface area contributed by atoms with E-state index >= 15 is 0 Å². The van der Waals surface area contributed by atoms with E-state index < -0.39 is 27.9 Å².